The van der Waals surface area contributed by atoms with Crippen LogP contribution in [0.25, 0.3) is 0 Å². The van der Waals surface area contributed by atoms with E-state index in [1.165, 1.54) is 7.11 Å². The molecule has 0 fully saturated rings. The number of nitriles is 1. The molecular formula is C21H22N2O4. The van der Waals surface area contributed by atoms with Crippen molar-refractivity contribution in [3.63, 3.8) is 0 Å². The quantitative estimate of drug-likeness (QED) is 0.669. The Morgan fingerprint density at radius 3 is 2.44 bits per heavy atom. The molecule has 0 atom stereocenters. The van der Waals surface area contributed by atoms with Crippen LogP contribution in [0, 0.1) is 25.2 Å². The van der Waals surface area contributed by atoms with E-state index in [1.54, 1.807) is 23.1 Å². The number of carbonyl (C=O) groups excluding carboxylic acids is 2. The number of aldehydes is 1. The number of benzene rings is 2. The van der Waals surface area contributed by atoms with E-state index >= 15 is 0 Å². The second kappa shape index (κ2) is 9.39. The highest BCUT2D eigenvalue weighted by Crippen LogP contribution is 2.28. The fourth-order valence-corrected chi connectivity index (χ4v) is 2.76. The number of nitrogens with zero attached hydrogens (tertiary/aromatic N) is 2. The topological polar surface area (TPSA) is 79.6 Å². The number of rotatable bonds is 8. The molecule has 6 heteroatoms. The Hall–Kier alpha value is -3.33. The third-order valence-electron chi connectivity index (χ3n) is 3.94. The number of hydrogen-bond acceptors (Lipinski definition) is 5. The van der Waals surface area contributed by atoms with Gasteiger partial charge in [-0.15, -0.1) is 0 Å². The molecule has 2 aromatic rings. The zero-order valence-electron chi connectivity index (χ0n) is 15.7. The maximum absolute atomic E-state index is 12.8. The van der Waals surface area contributed by atoms with Crippen LogP contribution in [-0.2, 0) is 4.79 Å². The number of carbonyl (C=O) groups is 2. The van der Waals surface area contributed by atoms with Crippen LogP contribution in [0.5, 0.6) is 11.5 Å². The number of anilines is 1. The van der Waals surface area contributed by atoms with Crippen molar-refractivity contribution in [1.29, 1.82) is 5.26 Å². The lowest BCUT2D eigenvalue weighted by atomic mass is 10.1. The summed E-state index contributed by atoms with van der Waals surface area (Å²) in [5, 5.41) is 8.91. The van der Waals surface area contributed by atoms with Crippen molar-refractivity contribution in [2.24, 2.45) is 0 Å². The third kappa shape index (κ3) is 5.32. The lowest BCUT2D eigenvalue weighted by Crippen LogP contribution is -2.35. The first-order valence-electron chi connectivity index (χ1n) is 8.50. The van der Waals surface area contributed by atoms with Crippen molar-refractivity contribution in [1.82, 2.24) is 0 Å². The third-order valence-corrected chi connectivity index (χ3v) is 3.94. The van der Waals surface area contributed by atoms with E-state index in [1.807, 2.05) is 32.0 Å². The number of aryl methyl sites for hydroxylation is 2. The summed E-state index contributed by atoms with van der Waals surface area (Å²) in [6, 6.07) is 12.6. The Kier molecular flexibility index (Phi) is 6.95. The minimum Gasteiger partial charge on any atom is -0.493 e. The average molecular weight is 366 g/mol. The Bertz CT molecular complexity index is 851. The van der Waals surface area contributed by atoms with Gasteiger partial charge in [0, 0.05) is 17.8 Å². The highest BCUT2D eigenvalue weighted by Gasteiger charge is 2.18. The lowest BCUT2D eigenvalue weighted by Gasteiger charge is -2.23. The molecule has 1 amide bonds. The van der Waals surface area contributed by atoms with E-state index < -0.39 is 0 Å². The molecule has 0 aliphatic carbocycles. The monoisotopic (exact) mass is 366 g/mol. The van der Waals surface area contributed by atoms with Gasteiger partial charge in [0.2, 0.25) is 0 Å². The average Bonchev–Trinajstić information content (AvgIpc) is 2.65. The first-order chi connectivity index (χ1) is 13.0. The predicted molar refractivity (Wildman–Crippen MR) is 102 cm³/mol. The number of ether oxygens (including phenoxy) is 2. The van der Waals surface area contributed by atoms with Crippen LogP contribution >= 0.6 is 0 Å². The maximum Gasteiger partial charge on any atom is 0.264 e. The summed E-state index contributed by atoms with van der Waals surface area (Å²) >= 11 is 0. The van der Waals surface area contributed by atoms with Crippen molar-refractivity contribution in [3.05, 3.63) is 53.1 Å². The van der Waals surface area contributed by atoms with Crippen molar-refractivity contribution in [2.75, 3.05) is 25.2 Å². The van der Waals surface area contributed by atoms with Crippen LogP contribution in [0.1, 0.15) is 27.9 Å². The normalized spacial score (nSPS) is 10.0. The Morgan fingerprint density at radius 1 is 1.15 bits per heavy atom. The molecule has 27 heavy (non-hydrogen) atoms. The molecule has 0 radical (unpaired) electrons. The standard InChI is InChI=1S/C21H22N2O4/c1-15-9-16(2)11-18(10-15)23(8-4-7-22)21(25)14-27-19-6-5-17(13-24)12-20(19)26-3/h5-6,9-13H,4,8,14H2,1-3H3. The summed E-state index contributed by atoms with van der Waals surface area (Å²) in [4.78, 5) is 25.2. The fourth-order valence-electron chi connectivity index (χ4n) is 2.76. The van der Waals surface area contributed by atoms with Gasteiger partial charge in [0.15, 0.2) is 18.1 Å². The second-order valence-electron chi connectivity index (χ2n) is 6.12. The molecular weight excluding hydrogens is 344 g/mol. The van der Waals surface area contributed by atoms with Crippen LogP contribution in [0.2, 0.25) is 0 Å². The summed E-state index contributed by atoms with van der Waals surface area (Å²) in [6.07, 6.45) is 0.928. The van der Waals surface area contributed by atoms with Crippen LogP contribution in [0.15, 0.2) is 36.4 Å². The second-order valence-corrected chi connectivity index (χ2v) is 6.12. The van der Waals surface area contributed by atoms with E-state index in [-0.39, 0.29) is 25.5 Å². The highest BCUT2D eigenvalue weighted by molar-refractivity contribution is 5.94. The highest BCUT2D eigenvalue weighted by atomic mass is 16.5. The molecule has 0 bridgehead atoms. The van der Waals surface area contributed by atoms with Gasteiger partial charge in [0.1, 0.15) is 6.29 Å². The van der Waals surface area contributed by atoms with Crippen molar-refractivity contribution < 1.29 is 19.1 Å². The van der Waals surface area contributed by atoms with Crippen molar-refractivity contribution in [2.45, 2.75) is 20.3 Å². The molecule has 0 unspecified atom stereocenters. The molecule has 0 spiro atoms. The smallest absolute Gasteiger partial charge is 0.264 e. The summed E-state index contributed by atoms with van der Waals surface area (Å²) in [7, 11) is 1.47. The van der Waals surface area contributed by atoms with Gasteiger partial charge in [-0.3, -0.25) is 9.59 Å². The van der Waals surface area contributed by atoms with Gasteiger partial charge < -0.3 is 14.4 Å². The van der Waals surface area contributed by atoms with Gasteiger partial charge in [0.25, 0.3) is 5.91 Å². The van der Waals surface area contributed by atoms with Crippen molar-refractivity contribution >= 4 is 17.9 Å². The number of hydrogen-bond donors (Lipinski definition) is 0. The largest absolute Gasteiger partial charge is 0.493 e. The van der Waals surface area contributed by atoms with Gasteiger partial charge in [-0.2, -0.15) is 5.26 Å². The minimum atomic E-state index is -0.267. The molecule has 0 aliphatic rings. The molecule has 0 aliphatic heterocycles. The first-order valence-corrected chi connectivity index (χ1v) is 8.50. The van der Waals surface area contributed by atoms with Gasteiger partial charge in [-0.25, -0.2) is 0 Å². The summed E-state index contributed by atoms with van der Waals surface area (Å²) in [5.41, 5.74) is 3.26. The van der Waals surface area contributed by atoms with Gasteiger partial charge in [0.05, 0.1) is 19.6 Å². The molecule has 2 aromatic carbocycles. The molecule has 2 rings (SSSR count). The number of methoxy groups -OCH3 is 1. The van der Waals surface area contributed by atoms with E-state index in [4.69, 9.17) is 14.7 Å². The summed E-state index contributed by atoms with van der Waals surface area (Å²) in [5.74, 6) is 0.483. The predicted octanol–water partition coefficient (Wildman–Crippen LogP) is 3.45. The summed E-state index contributed by atoms with van der Waals surface area (Å²) < 4.78 is 10.8. The van der Waals surface area contributed by atoms with Crippen LogP contribution in [0.4, 0.5) is 5.69 Å². The van der Waals surface area contributed by atoms with Crippen molar-refractivity contribution in [3.8, 4) is 17.6 Å². The number of amides is 1. The Balaban J connectivity index is 2.19. The van der Waals surface area contributed by atoms with E-state index in [0.29, 0.717) is 23.3 Å². The Morgan fingerprint density at radius 2 is 1.85 bits per heavy atom. The Labute approximate surface area is 158 Å². The van der Waals surface area contributed by atoms with Crippen LogP contribution < -0.4 is 14.4 Å². The SMILES string of the molecule is COc1cc(C=O)ccc1OCC(=O)N(CCC#N)c1cc(C)cc(C)c1. The molecule has 0 saturated carbocycles. The maximum atomic E-state index is 12.8. The zero-order valence-corrected chi connectivity index (χ0v) is 15.7. The van der Waals surface area contributed by atoms with Gasteiger partial charge >= 0.3 is 0 Å². The van der Waals surface area contributed by atoms with Gasteiger partial charge in [-0.05, 0) is 55.3 Å². The molecule has 140 valence electrons. The fraction of sp³-hybridized carbons (Fsp3) is 0.286. The van der Waals surface area contributed by atoms with E-state index in [9.17, 15) is 9.59 Å². The molecule has 0 saturated heterocycles. The van der Waals surface area contributed by atoms with E-state index in [0.717, 1.165) is 16.8 Å². The molecule has 0 N–H and O–H groups in total. The minimum absolute atomic E-state index is 0.213. The van der Waals surface area contributed by atoms with Gasteiger partial charge in [-0.1, -0.05) is 6.07 Å². The first kappa shape index (κ1) is 20.0. The van der Waals surface area contributed by atoms with E-state index in [2.05, 4.69) is 6.07 Å². The summed E-state index contributed by atoms with van der Waals surface area (Å²) in [6.45, 7) is 3.98. The molecule has 0 aromatic heterocycles. The zero-order chi connectivity index (χ0) is 19.8. The lowest BCUT2D eigenvalue weighted by molar-refractivity contribution is -0.120. The molecule has 6 nitrogen and oxygen atoms in total. The van der Waals surface area contributed by atoms with Crippen LogP contribution in [-0.4, -0.2) is 32.5 Å². The van der Waals surface area contributed by atoms with Crippen LogP contribution in [0.3, 0.4) is 0 Å². The molecule has 0 heterocycles.